The summed E-state index contributed by atoms with van der Waals surface area (Å²) in [6, 6.07) is 21.9. The van der Waals surface area contributed by atoms with Gasteiger partial charge in [0.25, 0.3) is 17.7 Å². The minimum Gasteiger partial charge on any atom is -0.368 e. The van der Waals surface area contributed by atoms with Crippen LogP contribution in [0.1, 0.15) is 69.4 Å². The Balaban J connectivity index is 1.36. The Morgan fingerprint density at radius 3 is 2.02 bits per heavy atom. The third kappa shape index (κ3) is 7.09. The van der Waals surface area contributed by atoms with Crippen LogP contribution in [0, 0.1) is 11.3 Å². The second-order valence-corrected chi connectivity index (χ2v) is 12.4. The largest absolute Gasteiger partial charge is 0.368 e. The van der Waals surface area contributed by atoms with Crippen LogP contribution in [0.4, 0.5) is 11.4 Å². The van der Waals surface area contributed by atoms with E-state index in [0.29, 0.717) is 67.2 Å². The SMILES string of the molecule is CC(C)(C)c1ccc(C(=O)N2CCCN(c3ccc(C(=O)N4CCNCC4)cc3NC(=O)c3ccc(C#N)cc3)CC2)cc1. The van der Waals surface area contributed by atoms with Crippen LogP contribution < -0.4 is 15.5 Å². The number of rotatable bonds is 5. The molecule has 9 nitrogen and oxygen atoms in total. The highest BCUT2D eigenvalue weighted by Gasteiger charge is 2.25. The molecule has 2 saturated heterocycles. The van der Waals surface area contributed by atoms with Gasteiger partial charge in [0.15, 0.2) is 0 Å². The highest BCUT2D eigenvalue weighted by Crippen LogP contribution is 2.30. The fourth-order valence-corrected chi connectivity index (χ4v) is 5.64. The van der Waals surface area contributed by atoms with E-state index in [1.54, 1.807) is 30.3 Å². The predicted octanol–water partition coefficient (Wildman–Crippen LogP) is 4.51. The third-order valence-electron chi connectivity index (χ3n) is 8.29. The molecule has 0 spiro atoms. The Morgan fingerprint density at radius 1 is 0.750 bits per heavy atom. The molecular weight excluding hydrogens is 552 g/mol. The zero-order valence-electron chi connectivity index (χ0n) is 25.7. The molecule has 0 aliphatic carbocycles. The van der Waals surface area contributed by atoms with Gasteiger partial charge in [-0.25, -0.2) is 0 Å². The van der Waals surface area contributed by atoms with Gasteiger partial charge in [-0.1, -0.05) is 32.9 Å². The Labute approximate surface area is 259 Å². The molecule has 0 unspecified atom stereocenters. The molecule has 2 N–H and O–H groups in total. The van der Waals surface area contributed by atoms with Crippen LogP contribution in [0.5, 0.6) is 0 Å². The normalized spacial score (nSPS) is 15.7. The molecular formula is C35H40N6O3. The molecule has 0 atom stereocenters. The number of piperazine rings is 1. The Morgan fingerprint density at radius 2 is 1.36 bits per heavy atom. The summed E-state index contributed by atoms with van der Waals surface area (Å²) in [5, 5.41) is 15.4. The third-order valence-corrected chi connectivity index (χ3v) is 8.29. The van der Waals surface area contributed by atoms with Crippen molar-refractivity contribution in [2.24, 2.45) is 0 Å². The Kier molecular flexibility index (Phi) is 9.31. The monoisotopic (exact) mass is 592 g/mol. The molecule has 2 fully saturated rings. The van der Waals surface area contributed by atoms with Crippen LogP contribution >= 0.6 is 0 Å². The molecule has 2 aliphatic rings. The van der Waals surface area contributed by atoms with Crippen LogP contribution in [-0.4, -0.2) is 79.9 Å². The molecule has 3 aromatic rings. The first-order chi connectivity index (χ1) is 21.1. The van der Waals surface area contributed by atoms with Gasteiger partial charge in [-0.15, -0.1) is 0 Å². The summed E-state index contributed by atoms with van der Waals surface area (Å²) in [4.78, 5) is 46.0. The maximum Gasteiger partial charge on any atom is 0.255 e. The average molecular weight is 593 g/mol. The van der Waals surface area contributed by atoms with Gasteiger partial charge in [-0.2, -0.15) is 5.26 Å². The quantitative estimate of drug-likeness (QED) is 0.452. The second kappa shape index (κ2) is 13.3. The minimum atomic E-state index is -0.326. The van der Waals surface area contributed by atoms with Crippen molar-refractivity contribution in [2.45, 2.75) is 32.6 Å². The van der Waals surface area contributed by atoms with Gasteiger partial charge in [0, 0.05) is 69.0 Å². The molecule has 9 heteroatoms. The fourth-order valence-electron chi connectivity index (χ4n) is 5.64. The number of nitrogens with one attached hydrogen (secondary N) is 2. The van der Waals surface area contributed by atoms with Crippen molar-refractivity contribution in [3.8, 4) is 6.07 Å². The second-order valence-electron chi connectivity index (χ2n) is 12.4. The lowest BCUT2D eigenvalue weighted by Crippen LogP contribution is -2.46. The van der Waals surface area contributed by atoms with Crippen LogP contribution in [0.3, 0.4) is 0 Å². The van der Waals surface area contributed by atoms with Gasteiger partial charge in [-0.05, 0) is 72.0 Å². The molecule has 3 amide bonds. The summed E-state index contributed by atoms with van der Waals surface area (Å²) in [5.74, 6) is -0.386. The van der Waals surface area contributed by atoms with E-state index in [1.165, 1.54) is 5.56 Å². The smallest absolute Gasteiger partial charge is 0.255 e. The number of benzene rings is 3. The topological polar surface area (TPSA) is 109 Å². The summed E-state index contributed by atoms with van der Waals surface area (Å²) in [5.41, 5.74) is 4.62. The molecule has 2 aliphatic heterocycles. The van der Waals surface area contributed by atoms with E-state index in [0.717, 1.165) is 25.2 Å². The van der Waals surface area contributed by atoms with Crippen molar-refractivity contribution in [1.29, 1.82) is 5.26 Å². The lowest BCUT2D eigenvalue weighted by molar-refractivity contribution is 0.0734. The number of carbonyl (C=O) groups excluding carboxylic acids is 3. The number of nitriles is 1. The van der Waals surface area contributed by atoms with Crippen molar-refractivity contribution in [3.63, 3.8) is 0 Å². The zero-order valence-corrected chi connectivity index (χ0v) is 25.7. The zero-order chi connectivity index (χ0) is 31.3. The van der Waals surface area contributed by atoms with Crippen LogP contribution in [0.25, 0.3) is 0 Å². The van der Waals surface area contributed by atoms with Crippen molar-refractivity contribution in [2.75, 3.05) is 62.6 Å². The maximum atomic E-state index is 13.4. The molecule has 0 bridgehead atoms. The first-order valence-corrected chi connectivity index (χ1v) is 15.2. The van der Waals surface area contributed by atoms with E-state index >= 15 is 0 Å². The fraction of sp³-hybridized carbons (Fsp3) is 0.371. The van der Waals surface area contributed by atoms with Crippen LogP contribution in [-0.2, 0) is 5.41 Å². The number of anilines is 2. The van der Waals surface area contributed by atoms with E-state index in [9.17, 15) is 14.4 Å². The lowest BCUT2D eigenvalue weighted by atomic mass is 9.86. The predicted molar refractivity (Wildman–Crippen MR) is 172 cm³/mol. The molecule has 3 aromatic carbocycles. The number of hydrogen-bond acceptors (Lipinski definition) is 6. The molecule has 44 heavy (non-hydrogen) atoms. The lowest BCUT2D eigenvalue weighted by Gasteiger charge is -2.29. The summed E-state index contributed by atoms with van der Waals surface area (Å²) in [6.07, 6.45) is 0.760. The highest BCUT2D eigenvalue weighted by molar-refractivity contribution is 6.07. The van der Waals surface area contributed by atoms with Gasteiger partial charge in [-0.3, -0.25) is 14.4 Å². The van der Waals surface area contributed by atoms with Crippen molar-refractivity contribution < 1.29 is 14.4 Å². The summed E-state index contributed by atoms with van der Waals surface area (Å²) < 4.78 is 0. The van der Waals surface area contributed by atoms with Crippen molar-refractivity contribution in [1.82, 2.24) is 15.1 Å². The van der Waals surface area contributed by atoms with Crippen LogP contribution in [0.15, 0.2) is 66.7 Å². The van der Waals surface area contributed by atoms with Crippen LogP contribution in [0.2, 0.25) is 0 Å². The highest BCUT2D eigenvalue weighted by atomic mass is 16.2. The van der Waals surface area contributed by atoms with Gasteiger partial charge < -0.3 is 25.3 Å². The van der Waals surface area contributed by atoms with E-state index in [4.69, 9.17) is 5.26 Å². The van der Waals surface area contributed by atoms with Crippen molar-refractivity contribution >= 4 is 29.1 Å². The summed E-state index contributed by atoms with van der Waals surface area (Å²) in [7, 11) is 0. The molecule has 0 radical (unpaired) electrons. The maximum absolute atomic E-state index is 13.4. The number of nitrogens with zero attached hydrogens (tertiary/aromatic N) is 4. The minimum absolute atomic E-state index is 0.0126. The summed E-state index contributed by atoms with van der Waals surface area (Å²) >= 11 is 0. The molecule has 228 valence electrons. The van der Waals surface area contributed by atoms with Gasteiger partial charge >= 0.3 is 0 Å². The van der Waals surface area contributed by atoms with E-state index < -0.39 is 0 Å². The Hall–Kier alpha value is -4.68. The molecule has 2 heterocycles. The van der Waals surface area contributed by atoms with Crippen molar-refractivity contribution in [3.05, 3.63) is 94.5 Å². The van der Waals surface area contributed by atoms with Gasteiger partial charge in [0.2, 0.25) is 0 Å². The first kappa shape index (κ1) is 30.8. The first-order valence-electron chi connectivity index (χ1n) is 15.2. The molecule has 0 saturated carbocycles. The van der Waals surface area contributed by atoms with Gasteiger partial charge in [0.1, 0.15) is 0 Å². The number of amides is 3. The molecule has 0 aromatic heterocycles. The number of carbonyl (C=O) groups is 3. The Bertz CT molecular complexity index is 1550. The average Bonchev–Trinajstić information content (AvgIpc) is 3.30. The summed E-state index contributed by atoms with van der Waals surface area (Å²) in [6.45, 7) is 11.6. The van der Waals surface area contributed by atoms with E-state index in [2.05, 4.69) is 42.4 Å². The standard InChI is InChI=1S/C35H40N6O3/c1-35(2,3)29-12-9-27(10-13-29)33(43)40-18-4-17-39(21-22-40)31-14-11-28(34(44)41-19-15-37-16-20-41)23-30(31)38-32(42)26-7-5-25(24-36)6-8-26/h5-14,23,37H,4,15-22H2,1-3H3,(H,38,42). The van der Waals surface area contributed by atoms with E-state index in [1.807, 2.05) is 46.2 Å². The van der Waals surface area contributed by atoms with E-state index in [-0.39, 0.29) is 23.1 Å². The number of hydrogen-bond donors (Lipinski definition) is 2. The molecule has 5 rings (SSSR count). The van der Waals surface area contributed by atoms with Gasteiger partial charge in [0.05, 0.1) is 23.0 Å².